The molecule has 2 atom stereocenters. The number of nitrogens with zero attached hydrogens (tertiary/aromatic N) is 2. The van der Waals surface area contributed by atoms with Gasteiger partial charge >= 0.3 is 0 Å². The minimum Gasteiger partial charge on any atom is -0.326 e. The smallest absolute Gasteiger partial charge is 0.243 e. The van der Waals surface area contributed by atoms with Gasteiger partial charge in [0, 0.05) is 42.5 Å². The molecule has 7 nitrogen and oxygen atoms in total. The van der Waals surface area contributed by atoms with Gasteiger partial charge in [0.15, 0.2) is 0 Å². The molecule has 0 bridgehead atoms. The van der Waals surface area contributed by atoms with Gasteiger partial charge in [0.2, 0.25) is 21.8 Å². The fourth-order valence-electron chi connectivity index (χ4n) is 4.35. The standard InChI is InChI=1S/C24H28ClN3O4S/c1-16-4-3-11-27(14-16)33(31,32)21-9-6-19(7-10-21)26-24(30)18-12-23(29)28(15-18)20-8-5-17(2)22(25)13-20/h5-10,13,16,18H,3-4,11-12,14-15H2,1-2H3,(H,26,30). The van der Waals surface area contributed by atoms with Crippen LogP contribution in [-0.2, 0) is 19.6 Å². The number of carbonyl (C=O) groups excluding carboxylic acids is 2. The zero-order chi connectivity index (χ0) is 23.8. The first kappa shape index (κ1) is 23.7. The third-order valence-electron chi connectivity index (χ3n) is 6.34. The Morgan fingerprint density at radius 2 is 1.85 bits per heavy atom. The molecule has 0 radical (unpaired) electrons. The summed E-state index contributed by atoms with van der Waals surface area (Å²) in [6, 6.07) is 11.6. The Kier molecular flexibility index (Phi) is 6.79. The Balaban J connectivity index is 1.40. The zero-order valence-electron chi connectivity index (χ0n) is 18.8. The van der Waals surface area contributed by atoms with Crippen molar-refractivity contribution in [2.75, 3.05) is 29.9 Å². The van der Waals surface area contributed by atoms with Crippen LogP contribution in [0, 0.1) is 18.8 Å². The Labute approximate surface area is 199 Å². The highest BCUT2D eigenvalue weighted by Gasteiger charge is 2.35. The second-order valence-electron chi connectivity index (χ2n) is 8.96. The number of anilines is 2. The zero-order valence-corrected chi connectivity index (χ0v) is 20.3. The first-order valence-electron chi connectivity index (χ1n) is 11.1. The molecular weight excluding hydrogens is 462 g/mol. The van der Waals surface area contributed by atoms with Crippen molar-refractivity contribution in [3.05, 3.63) is 53.1 Å². The van der Waals surface area contributed by atoms with E-state index in [1.54, 1.807) is 23.1 Å². The molecule has 2 fully saturated rings. The monoisotopic (exact) mass is 489 g/mol. The molecular formula is C24H28ClN3O4S. The number of hydrogen-bond acceptors (Lipinski definition) is 4. The molecule has 2 aromatic rings. The summed E-state index contributed by atoms with van der Waals surface area (Å²) in [5.74, 6) is -0.565. The van der Waals surface area contributed by atoms with Crippen molar-refractivity contribution >= 4 is 44.8 Å². The van der Waals surface area contributed by atoms with Gasteiger partial charge in [0.25, 0.3) is 0 Å². The molecule has 33 heavy (non-hydrogen) atoms. The molecule has 0 saturated carbocycles. The highest BCUT2D eigenvalue weighted by molar-refractivity contribution is 7.89. The summed E-state index contributed by atoms with van der Waals surface area (Å²) in [6.45, 7) is 5.27. The summed E-state index contributed by atoms with van der Waals surface area (Å²) in [6.07, 6.45) is 2.01. The van der Waals surface area contributed by atoms with Gasteiger partial charge in [0.05, 0.1) is 10.8 Å². The van der Waals surface area contributed by atoms with E-state index in [1.807, 2.05) is 19.1 Å². The predicted molar refractivity (Wildman–Crippen MR) is 129 cm³/mol. The highest BCUT2D eigenvalue weighted by atomic mass is 35.5. The Hall–Kier alpha value is -2.42. The van der Waals surface area contributed by atoms with Crippen molar-refractivity contribution in [2.45, 2.75) is 38.0 Å². The SMILES string of the molecule is Cc1ccc(N2CC(C(=O)Nc3ccc(S(=O)(=O)N4CCCC(C)C4)cc3)CC2=O)cc1Cl. The molecule has 2 aliphatic heterocycles. The molecule has 4 rings (SSSR count). The molecule has 1 N–H and O–H groups in total. The van der Waals surface area contributed by atoms with Crippen molar-refractivity contribution in [1.29, 1.82) is 0 Å². The molecule has 0 aliphatic carbocycles. The number of benzene rings is 2. The Morgan fingerprint density at radius 1 is 1.12 bits per heavy atom. The average Bonchev–Trinajstić information content (AvgIpc) is 3.18. The lowest BCUT2D eigenvalue weighted by atomic mass is 10.0. The van der Waals surface area contributed by atoms with E-state index in [2.05, 4.69) is 12.2 Å². The summed E-state index contributed by atoms with van der Waals surface area (Å²) in [7, 11) is -3.55. The second-order valence-corrected chi connectivity index (χ2v) is 11.3. The van der Waals surface area contributed by atoms with E-state index in [0.717, 1.165) is 18.4 Å². The van der Waals surface area contributed by atoms with Gasteiger partial charge in [-0.3, -0.25) is 9.59 Å². The highest BCUT2D eigenvalue weighted by Crippen LogP contribution is 2.30. The largest absolute Gasteiger partial charge is 0.326 e. The van der Waals surface area contributed by atoms with E-state index in [0.29, 0.717) is 35.4 Å². The van der Waals surface area contributed by atoms with E-state index in [4.69, 9.17) is 11.6 Å². The number of carbonyl (C=O) groups is 2. The van der Waals surface area contributed by atoms with Crippen LogP contribution in [0.4, 0.5) is 11.4 Å². The number of aryl methyl sites for hydroxylation is 1. The summed E-state index contributed by atoms with van der Waals surface area (Å²) >= 11 is 6.18. The van der Waals surface area contributed by atoms with E-state index in [-0.39, 0.29) is 29.7 Å². The third kappa shape index (κ3) is 5.08. The number of amides is 2. The third-order valence-corrected chi connectivity index (χ3v) is 8.63. The van der Waals surface area contributed by atoms with Crippen LogP contribution in [-0.4, -0.2) is 44.2 Å². The quantitative estimate of drug-likeness (QED) is 0.686. The predicted octanol–water partition coefficient (Wildman–Crippen LogP) is 4.06. The molecule has 9 heteroatoms. The van der Waals surface area contributed by atoms with Gasteiger partial charge in [-0.15, -0.1) is 0 Å². The fourth-order valence-corrected chi connectivity index (χ4v) is 6.12. The molecule has 0 aromatic heterocycles. The van der Waals surface area contributed by atoms with Crippen LogP contribution in [0.25, 0.3) is 0 Å². The lowest BCUT2D eigenvalue weighted by Gasteiger charge is -2.30. The molecule has 2 saturated heterocycles. The van der Waals surface area contributed by atoms with Crippen LogP contribution in [0.15, 0.2) is 47.4 Å². The molecule has 2 amide bonds. The number of piperidine rings is 1. The minimum absolute atomic E-state index is 0.108. The second kappa shape index (κ2) is 9.44. The number of rotatable bonds is 5. The van der Waals surface area contributed by atoms with Crippen LogP contribution in [0.1, 0.15) is 31.7 Å². The maximum atomic E-state index is 12.9. The number of halogens is 1. The number of sulfonamides is 1. The summed E-state index contributed by atoms with van der Waals surface area (Å²) in [5, 5.41) is 3.38. The van der Waals surface area contributed by atoms with Gasteiger partial charge in [0.1, 0.15) is 0 Å². The molecule has 176 valence electrons. The fraction of sp³-hybridized carbons (Fsp3) is 0.417. The van der Waals surface area contributed by atoms with Gasteiger partial charge in [-0.05, 0) is 67.6 Å². The van der Waals surface area contributed by atoms with Crippen LogP contribution in [0.3, 0.4) is 0 Å². The average molecular weight is 490 g/mol. The minimum atomic E-state index is -3.55. The Bertz CT molecular complexity index is 1170. The van der Waals surface area contributed by atoms with Crippen molar-refractivity contribution in [3.63, 3.8) is 0 Å². The van der Waals surface area contributed by atoms with Gasteiger partial charge in [-0.1, -0.05) is 24.6 Å². The van der Waals surface area contributed by atoms with Gasteiger partial charge in [-0.25, -0.2) is 8.42 Å². The van der Waals surface area contributed by atoms with Gasteiger partial charge < -0.3 is 10.2 Å². The number of nitrogens with one attached hydrogen (secondary N) is 1. The molecule has 2 unspecified atom stereocenters. The van der Waals surface area contributed by atoms with Crippen molar-refractivity contribution in [3.8, 4) is 0 Å². The van der Waals surface area contributed by atoms with Crippen molar-refractivity contribution in [1.82, 2.24) is 4.31 Å². The Morgan fingerprint density at radius 3 is 2.52 bits per heavy atom. The maximum Gasteiger partial charge on any atom is 0.243 e. The lowest BCUT2D eigenvalue weighted by molar-refractivity contribution is -0.122. The van der Waals surface area contributed by atoms with E-state index < -0.39 is 15.9 Å². The van der Waals surface area contributed by atoms with Crippen LogP contribution in [0.5, 0.6) is 0 Å². The van der Waals surface area contributed by atoms with Crippen LogP contribution < -0.4 is 10.2 Å². The van der Waals surface area contributed by atoms with E-state index in [1.165, 1.54) is 16.4 Å². The molecule has 2 aromatic carbocycles. The maximum absolute atomic E-state index is 12.9. The molecule has 2 aliphatic rings. The molecule has 0 spiro atoms. The van der Waals surface area contributed by atoms with Crippen molar-refractivity contribution in [2.24, 2.45) is 11.8 Å². The first-order valence-corrected chi connectivity index (χ1v) is 12.9. The van der Waals surface area contributed by atoms with E-state index >= 15 is 0 Å². The summed E-state index contributed by atoms with van der Waals surface area (Å²) < 4.78 is 27.4. The van der Waals surface area contributed by atoms with Gasteiger partial charge in [-0.2, -0.15) is 4.31 Å². The van der Waals surface area contributed by atoms with Crippen LogP contribution in [0.2, 0.25) is 5.02 Å². The molecule has 2 heterocycles. The normalized spacial score (nSPS) is 21.9. The van der Waals surface area contributed by atoms with Crippen LogP contribution >= 0.6 is 11.6 Å². The lowest BCUT2D eigenvalue weighted by Crippen LogP contribution is -2.39. The number of hydrogen-bond donors (Lipinski definition) is 1. The van der Waals surface area contributed by atoms with Crippen molar-refractivity contribution < 1.29 is 18.0 Å². The summed E-state index contributed by atoms with van der Waals surface area (Å²) in [5.41, 5.74) is 2.09. The summed E-state index contributed by atoms with van der Waals surface area (Å²) in [4.78, 5) is 27.1. The van der Waals surface area contributed by atoms with E-state index in [9.17, 15) is 18.0 Å². The topological polar surface area (TPSA) is 86.8 Å². The first-order chi connectivity index (χ1) is 15.6.